The fraction of sp³-hybridized carbons (Fsp3) is 0.308. The van der Waals surface area contributed by atoms with E-state index in [2.05, 4.69) is 5.43 Å². The predicted molar refractivity (Wildman–Crippen MR) is 66.3 cm³/mol. The van der Waals surface area contributed by atoms with E-state index in [0.29, 0.717) is 5.01 Å². The van der Waals surface area contributed by atoms with Gasteiger partial charge in [-0.15, -0.1) is 0 Å². The van der Waals surface area contributed by atoms with E-state index in [0.717, 1.165) is 0 Å². The topological polar surface area (TPSA) is 75.7 Å². The van der Waals surface area contributed by atoms with Crippen LogP contribution in [0.4, 0.5) is 4.79 Å². The van der Waals surface area contributed by atoms with Crippen LogP contribution in [-0.2, 0) is 4.74 Å². The molecular formula is C13H14N2O4. The molecule has 0 saturated carbocycles. The number of hydrogen-bond donors (Lipinski definition) is 1. The molecule has 0 fully saturated rings. The zero-order valence-electron chi connectivity index (χ0n) is 10.9. The second kappa shape index (κ2) is 4.38. The second-order valence-corrected chi connectivity index (χ2v) is 5.10. The minimum Gasteiger partial charge on any atom is -0.443 e. The third kappa shape index (κ3) is 2.57. The molecule has 0 saturated heterocycles. The van der Waals surface area contributed by atoms with Crippen LogP contribution in [0, 0.1) is 0 Å². The molecule has 3 amide bonds. The lowest BCUT2D eigenvalue weighted by Crippen LogP contribution is -2.47. The molecule has 0 atom stereocenters. The van der Waals surface area contributed by atoms with Crippen molar-refractivity contribution in [2.75, 3.05) is 0 Å². The number of nitrogens with one attached hydrogen (secondary N) is 1. The fourth-order valence-electron chi connectivity index (χ4n) is 1.68. The van der Waals surface area contributed by atoms with Crippen LogP contribution in [-0.4, -0.2) is 28.5 Å². The van der Waals surface area contributed by atoms with Gasteiger partial charge in [0.2, 0.25) is 0 Å². The van der Waals surface area contributed by atoms with E-state index in [4.69, 9.17) is 4.74 Å². The monoisotopic (exact) mass is 263 g/mol. The van der Waals surface area contributed by atoms with E-state index in [1.54, 1.807) is 32.9 Å². The number of amides is 3. The highest BCUT2D eigenvalue weighted by molar-refractivity contribution is 6.21. The first-order chi connectivity index (χ1) is 8.79. The molecule has 1 aliphatic rings. The van der Waals surface area contributed by atoms with Gasteiger partial charge in [0.05, 0.1) is 11.1 Å². The molecule has 1 aliphatic heterocycles. The van der Waals surface area contributed by atoms with Crippen LogP contribution in [0.1, 0.15) is 41.5 Å². The maximum atomic E-state index is 11.9. The Morgan fingerprint density at radius 2 is 1.58 bits per heavy atom. The van der Waals surface area contributed by atoms with Gasteiger partial charge >= 0.3 is 6.09 Å². The molecule has 0 aliphatic carbocycles. The molecule has 1 heterocycles. The molecule has 0 bridgehead atoms. The summed E-state index contributed by atoms with van der Waals surface area (Å²) in [6.45, 7) is 5.07. The minimum absolute atomic E-state index is 0.267. The van der Waals surface area contributed by atoms with Crippen molar-refractivity contribution in [1.82, 2.24) is 10.4 Å². The van der Waals surface area contributed by atoms with E-state index < -0.39 is 23.5 Å². The summed E-state index contributed by atoms with van der Waals surface area (Å²) >= 11 is 0. The molecular weight excluding hydrogens is 249 g/mol. The number of hydrogen-bond acceptors (Lipinski definition) is 4. The third-order valence-electron chi connectivity index (χ3n) is 2.40. The Morgan fingerprint density at radius 3 is 2.00 bits per heavy atom. The Bertz CT molecular complexity index is 525. The van der Waals surface area contributed by atoms with Gasteiger partial charge in [-0.2, -0.15) is 5.01 Å². The van der Waals surface area contributed by atoms with Crippen molar-refractivity contribution in [2.45, 2.75) is 26.4 Å². The summed E-state index contributed by atoms with van der Waals surface area (Å²) in [4.78, 5) is 35.5. The van der Waals surface area contributed by atoms with Crippen LogP contribution in [0.5, 0.6) is 0 Å². The van der Waals surface area contributed by atoms with Crippen molar-refractivity contribution in [3.63, 3.8) is 0 Å². The normalized spacial score (nSPS) is 14.4. The summed E-state index contributed by atoms with van der Waals surface area (Å²) in [5.74, 6) is -1.13. The molecule has 0 unspecified atom stereocenters. The number of nitrogens with zero attached hydrogens (tertiary/aromatic N) is 1. The highest BCUT2D eigenvalue weighted by Gasteiger charge is 2.37. The van der Waals surface area contributed by atoms with Crippen molar-refractivity contribution < 1.29 is 19.1 Å². The maximum Gasteiger partial charge on any atom is 0.427 e. The first kappa shape index (κ1) is 13.1. The van der Waals surface area contributed by atoms with Gasteiger partial charge in [-0.1, -0.05) is 12.1 Å². The quantitative estimate of drug-likeness (QED) is 0.618. The summed E-state index contributed by atoms with van der Waals surface area (Å²) in [6, 6.07) is 6.38. The zero-order valence-corrected chi connectivity index (χ0v) is 10.9. The van der Waals surface area contributed by atoms with Gasteiger partial charge < -0.3 is 4.74 Å². The number of ether oxygens (including phenoxy) is 1. The number of hydrazine groups is 1. The van der Waals surface area contributed by atoms with Crippen LogP contribution in [0.3, 0.4) is 0 Å². The van der Waals surface area contributed by atoms with Crippen molar-refractivity contribution in [2.24, 2.45) is 0 Å². The summed E-state index contributed by atoms with van der Waals surface area (Å²) in [7, 11) is 0. The predicted octanol–water partition coefficient (Wildman–Crippen LogP) is 1.72. The van der Waals surface area contributed by atoms with Crippen LogP contribution in [0.2, 0.25) is 0 Å². The van der Waals surface area contributed by atoms with Crippen LogP contribution >= 0.6 is 0 Å². The summed E-state index contributed by atoms with van der Waals surface area (Å²) < 4.78 is 5.00. The van der Waals surface area contributed by atoms with E-state index in [1.807, 2.05) is 0 Å². The maximum absolute atomic E-state index is 11.9. The summed E-state index contributed by atoms with van der Waals surface area (Å²) in [5, 5.41) is 0.665. The molecule has 2 rings (SSSR count). The number of benzene rings is 1. The Hall–Kier alpha value is -2.37. The van der Waals surface area contributed by atoms with Crippen molar-refractivity contribution in [3.05, 3.63) is 35.4 Å². The molecule has 0 spiro atoms. The lowest BCUT2D eigenvalue weighted by molar-refractivity contribution is 0.0289. The van der Waals surface area contributed by atoms with E-state index in [9.17, 15) is 14.4 Å². The largest absolute Gasteiger partial charge is 0.443 e. The highest BCUT2D eigenvalue weighted by Crippen LogP contribution is 2.20. The Labute approximate surface area is 110 Å². The summed E-state index contributed by atoms with van der Waals surface area (Å²) in [5.41, 5.74) is 1.98. The van der Waals surface area contributed by atoms with Gasteiger partial charge in [0, 0.05) is 0 Å². The van der Waals surface area contributed by atoms with Gasteiger partial charge in [0.1, 0.15) is 5.60 Å². The first-order valence-corrected chi connectivity index (χ1v) is 5.77. The van der Waals surface area contributed by atoms with Crippen molar-refractivity contribution >= 4 is 17.9 Å². The first-order valence-electron chi connectivity index (χ1n) is 5.77. The van der Waals surface area contributed by atoms with E-state index >= 15 is 0 Å². The molecule has 100 valence electrons. The zero-order chi connectivity index (χ0) is 14.2. The summed E-state index contributed by atoms with van der Waals surface area (Å²) in [6.07, 6.45) is -0.845. The highest BCUT2D eigenvalue weighted by atomic mass is 16.6. The lowest BCUT2D eigenvalue weighted by Gasteiger charge is -2.22. The molecule has 19 heavy (non-hydrogen) atoms. The average molecular weight is 263 g/mol. The second-order valence-electron chi connectivity index (χ2n) is 5.10. The van der Waals surface area contributed by atoms with E-state index in [-0.39, 0.29) is 11.1 Å². The van der Waals surface area contributed by atoms with Crippen molar-refractivity contribution in [1.29, 1.82) is 0 Å². The number of rotatable bonds is 1. The molecule has 6 nitrogen and oxygen atoms in total. The molecule has 1 aromatic carbocycles. The Morgan fingerprint density at radius 1 is 1.11 bits per heavy atom. The van der Waals surface area contributed by atoms with Gasteiger partial charge in [-0.05, 0) is 32.9 Å². The van der Waals surface area contributed by atoms with Crippen molar-refractivity contribution in [3.8, 4) is 0 Å². The number of imide groups is 1. The fourth-order valence-corrected chi connectivity index (χ4v) is 1.68. The SMILES string of the molecule is CC(C)(C)OC(=O)N[15N]1C(=O)c2ccccc2C1=O. The molecule has 1 N–H and O–H groups in total. The number of carbonyl (C=O) groups is 3. The molecule has 1 aromatic rings. The van der Waals surface area contributed by atoms with Crippen LogP contribution in [0.15, 0.2) is 24.3 Å². The van der Waals surface area contributed by atoms with Crippen LogP contribution in [0.25, 0.3) is 0 Å². The molecule has 6 heteroatoms. The average Bonchev–Trinajstić information content (AvgIpc) is 2.53. The van der Waals surface area contributed by atoms with E-state index in [1.165, 1.54) is 12.1 Å². The van der Waals surface area contributed by atoms with Gasteiger partial charge in [0.15, 0.2) is 0 Å². The Balaban J connectivity index is 2.15. The number of carbonyl (C=O) groups excluding carboxylic acids is 3. The third-order valence-corrected chi connectivity index (χ3v) is 2.40. The molecule has 0 aromatic heterocycles. The molecule has 0 radical (unpaired) electrons. The standard InChI is InChI=1S/C13H14N2O4/c1-13(2,3)19-12(18)14-15-10(16)8-6-4-5-7-9(8)11(15)17/h4-7H,1-3H3,(H,14,18)/i15+1. The van der Waals surface area contributed by atoms with Gasteiger partial charge in [-0.25, -0.2) is 10.2 Å². The van der Waals surface area contributed by atoms with Gasteiger partial charge in [0.25, 0.3) is 11.8 Å². The van der Waals surface area contributed by atoms with Crippen LogP contribution < -0.4 is 5.43 Å². The Kier molecular flexibility index (Phi) is 3.01. The number of fused-ring (bicyclic) bond motifs is 1. The minimum atomic E-state index is -0.845. The smallest absolute Gasteiger partial charge is 0.427 e. The van der Waals surface area contributed by atoms with Gasteiger partial charge in [-0.3, -0.25) is 9.59 Å². The lowest BCUT2D eigenvalue weighted by atomic mass is 10.1.